The largest absolute Gasteiger partial charge is 0.0590 e. The second-order valence-corrected chi connectivity index (χ2v) is 4.27. The van der Waals surface area contributed by atoms with Crippen LogP contribution in [0.5, 0.6) is 0 Å². The molecule has 82 valence electrons. The molecule has 1 aromatic carbocycles. The molecule has 0 aliphatic rings. The van der Waals surface area contributed by atoms with Gasteiger partial charge in [0, 0.05) is 0 Å². The Balaban J connectivity index is 2.31. The van der Waals surface area contributed by atoms with E-state index < -0.39 is 0 Å². The van der Waals surface area contributed by atoms with Crippen molar-refractivity contribution < 1.29 is 0 Å². The van der Waals surface area contributed by atoms with Crippen molar-refractivity contribution >= 4 is 0 Å². The normalized spacial score (nSPS) is 10.6. The molecule has 15 heavy (non-hydrogen) atoms. The van der Waals surface area contributed by atoms with E-state index in [2.05, 4.69) is 45.4 Å². The SMILES string of the molecule is [CH2]CCCCC[CH]c1ccc(C)cc1C. The van der Waals surface area contributed by atoms with Crippen molar-refractivity contribution in [1.82, 2.24) is 0 Å². The number of aryl methyl sites for hydroxylation is 2. The summed E-state index contributed by atoms with van der Waals surface area (Å²) in [6, 6.07) is 6.67. The Morgan fingerprint density at radius 1 is 1.13 bits per heavy atom. The van der Waals surface area contributed by atoms with Gasteiger partial charge in [0.05, 0.1) is 0 Å². The van der Waals surface area contributed by atoms with Crippen molar-refractivity contribution in [2.24, 2.45) is 0 Å². The molecule has 0 heterocycles. The molecule has 0 amide bonds. The quantitative estimate of drug-likeness (QED) is 0.589. The summed E-state index contributed by atoms with van der Waals surface area (Å²) in [6.45, 7) is 8.19. The zero-order valence-electron chi connectivity index (χ0n) is 10.1. The van der Waals surface area contributed by atoms with Crippen molar-refractivity contribution in [3.05, 3.63) is 48.2 Å². The highest BCUT2D eigenvalue weighted by Gasteiger charge is 1.98. The second kappa shape index (κ2) is 6.66. The van der Waals surface area contributed by atoms with Crippen LogP contribution in [0.2, 0.25) is 0 Å². The van der Waals surface area contributed by atoms with Crippen LogP contribution in [0.4, 0.5) is 0 Å². The molecule has 0 atom stereocenters. The van der Waals surface area contributed by atoms with Gasteiger partial charge in [0.1, 0.15) is 0 Å². The zero-order chi connectivity index (χ0) is 11.1. The van der Waals surface area contributed by atoms with E-state index in [9.17, 15) is 0 Å². The highest BCUT2D eigenvalue weighted by Crippen LogP contribution is 2.16. The van der Waals surface area contributed by atoms with Crippen LogP contribution < -0.4 is 0 Å². The van der Waals surface area contributed by atoms with Crippen molar-refractivity contribution in [1.29, 1.82) is 0 Å². The van der Waals surface area contributed by atoms with Crippen molar-refractivity contribution in [2.75, 3.05) is 0 Å². The van der Waals surface area contributed by atoms with Gasteiger partial charge in [0.2, 0.25) is 0 Å². The Bertz CT molecular complexity index is 286. The third-order valence-corrected chi connectivity index (χ3v) is 2.74. The highest BCUT2D eigenvalue weighted by molar-refractivity contribution is 5.35. The fourth-order valence-electron chi connectivity index (χ4n) is 1.81. The first-order valence-corrected chi connectivity index (χ1v) is 5.93. The summed E-state index contributed by atoms with van der Waals surface area (Å²) in [5, 5.41) is 0. The van der Waals surface area contributed by atoms with E-state index >= 15 is 0 Å². The van der Waals surface area contributed by atoms with Gasteiger partial charge in [-0.05, 0) is 37.8 Å². The summed E-state index contributed by atoms with van der Waals surface area (Å²) < 4.78 is 0. The molecule has 0 N–H and O–H groups in total. The average molecular weight is 202 g/mol. The Morgan fingerprint density at radius 3 is 2.60 bits per heavy atom. The van der Waals surface area contributed by atoms with Crippen LogP contribution in [0.15, 0.2) is 18.2 Å². The predicted octanol–water partition coefficient (Wildman–Crippen LogP) is 4.64. The molecule has 1 rings (SSSR count). The van der Waals surface area contributed by atoms with E-state index in [1.807, 2.05) is 0 Å². The van der Waals surface area contributed by atoms with Crippen molar-refractivity contribution in [3.63, 3.8) is 0 Å². The summed E-state index contributed by atoms with van der Waals surface area (Å²) >= 11 is 0. The molecular formula is C15H22. The molecule has 2 radical (unpaired) electrons. The maximum absolute atomic E-state index is 3.86. The molecule has 0 heteroatoms. The molecule has 0 fully saturated rings. The molecule has 0 aliphatic heterocycles. The first-order valence-electron chi connectivity index (χ1n) is 5.93. The summed E-state index contributed by atoms with van der Waals surface area (Å²) in [5.41, 5.74) is 4.14. The maximum Gasteiger partial charge on any atom is -0.00904 e. The van der Waals surface area contributed by atoms with Crippen LogP contribution in [0.1, 0.15) is 48.8 Å². The smallest absolute Gasteiger partial charge is 0.00904 e. The van der Waals surface area contributed by atoms with Crippen LogP contribution in [-0.2, 0) is 0 Å². The first kappa shape index (κ1) is 12.3. The fourth-order valence-corrected chi connectivity index (χ4v) is 1.81. The number of unbranched alkanes of at least 4 members (excludes halogenated alkanes) is 4. The van der Waals surface area contributed by atoms with Crippen LogP contribution in [-0.4, -0.2) is 0 Å². The average Bonchev–Trinajstić information content (AvgIpc) is 2.20. The summed E-state index contributed by atoms with van der Waals surface area (Å²) in [6.07, 6.45) is 8.50. The number of hydrogen-bond acceptors (Lipinski definition) is 0. The Hall–Kier alpha value is -0.780. The molecule has 0 saturated heterocycles. The zero-order valence-corrected chi connectivity index (χ0v) is 10.1. The summed E-state index contributed by atoms with van der Waals surface area (Å²) in [7, 11) is 0. The Kier molecular flexibility index (Phi) is 5.45. The van der Waals surface area contributed by atoms with E-state index in [0.29, 0.717) is 0 Å². The van der Waals surface area contributed by atoms with Gasteiger partial charge < -0.3 is 0 Å². The van der Waals surface area contributed by atoms with E-state index in [1.165, 1.54) is 42.4 Å². The van der Waals surface area contributed by atoms with E-state index in [0.717, 1.165) is 6.42 Å². The highest BCUT2D eigenvalue weighted by atomic mass is 14.0. The number of benzene rings is 1. The molecule has 1 aromatic rings. The molecule has 0 unspecified atom stereocenters. The lowest BCUT2D eigenvalue weighted by Gasteiger charge is -2.06. The molecule has 0 bridgehead atoms. The Morgan fingerprint density at radius 2 is 1.93 bits per heavy atom. The molecule has 0 spiro atoms. The van der Waals surface area contributed by atoms with Crippen molar-refractivity contribution in [2.45, 2.75) is 46.0 Å². The Labute approximate surface area is 94.7 Å². The van der Waals surface area contributed by atoms with Gasteiger partial charge in [0.25, 0.3) is 0 Å². The minimum Gasteiger partial charge on any atom is -0.0590 e. The van der Waals surface area contributed by atoms with Crippen LogP contribution in [0.3, 0.4) is 0 Å². The third kappa shape index (κ3) is 4.51. The lowest BCUT2D eigenvalue weighted by molar-refractivity contribution is 0.683. The van der Waals surface area contributed by atoms with Crippen LogP contribution in [0.25, 0.3) is 0 Å². The first-order chi connectivity index (χ1) is 7.24. The van der Waals surface area contributed by atoms with Gasteiger partial charge in [-0.3, -0.25) is 0 Å². The molecule has 0 saturated carbocycles. The predicted molar refractivity (Wildman–Crippen MR) is 67.8 cm³/mol. The summed E-state index contributed by atoms with van der Waals surface area (Å²) in [5.74, 6) is 0. The van der Waals surface area contributed by atoms with Crippen LogP contribution >= 0.6 is 0 Å². The van der Waals surface area contributed by atoms with Gasteiger partial charge in [0.15, 0.2) is 0 Å². The lowest BCUT2D eigenvalue weighted by Crippen LogP contribution is -1.88. The fraction of sp³-hybridized carbons (Fsp3) is 0.467. The monoisotopic (exact) mass is 202 g/mol. The lowest BCUT2D eigenvalue weighted by atomic mass is 10.00. The minimum atomic E-state index is 1.07. The van der Waals surface area contributed by atoms with Gasteiger partial charge in [-0.25, -0.2) is 0 Å². The van der Waals surface area contributed by atoms with Gasteiger partial charge in [-0.2, -0.15) is 0 Å². The van der Waals surface area contributed by atoms with Gasteiger partial charge in [-0.1, -0.05) is 56.4 Å². The number of rotatable bonds is 6. The van der Waals surface area contributed by atoms with Gasteiger partial charge >= 0.3 is 0 Å². The van der Waals surface area contributed by atoms with Crippen LogP contribution in [0, 0.1) is 27.2 Å². The molecule has 0 nitrogen and oxygen atoms in total. The van der Waals surface area contributed by atoms with E-state index in [4.69, 9.17) is 0 Å². The van der Waals surface area contributed by atoms with E-state index in [1.54, 1.807) is 0 Å². The standard InChI is InChI=1S/C15H22/c1-4-5-6-7-8-9-15-11-10-13(2)12-14(15)3/h9-12H,1,4-8H2,2-3H3. The second-order valence-electron chi connectivity index (χ2n) is 4.27. The number of hydrogen-bond donors (Lipinski definition) is 0. The molecule has 0 aromatic heterocycles. The summed E-state index contributed by atoms with van der Waals surface area (Å²) in [4.78, 5) is 0. The van der Waals surface area contributed by atoms with Gasteiger partial charge in [-0.15, -0.1) is 0 Å². The topological polar surface area (TPSA) is 0 Å². The maximum atomic E-state index is 3.86. The minimum absolute atomic E-state index is 1.07. The third-order valence-electron chi connectivity index (χ3n) is 2.74. The van der Waals surface area contributed by atoms with E-state index in [-0.39, 0.29) is 0 Å². The van der Waals surface area contributed by atoms with Crippen molar-refractivity contribution in [3.8, 4) is 0 Å². The molecule has 0 aliphatic carbocycles. The molecular weight excluding hydrogens is 180 g/mol.